The van der Waals surface area contributed by atoms with Gasteiger partial charge < -0.3 is 4.74 Å². The summed E-state index contributed by atoms with van der Waals surface area (Å²) in [6, 6.07) is 5.16. The van der Waals surface area contributed by atoms with E-state index in [1.165, 1.54) is 7.11 Å². The third-order valence-electron chi connectivity index (χ3n) is 3.31. The van der Waals surface area contributed by atoms with Crippen LogP contribution >= 0.6 is 0 Å². The number of sulfonamides is 1. The second-order valence-electron chi connectivity index (χ2n) is 4.52. The van der Waals surface area contributed by atoms with Gasteiger partial charge in [-0.2, -0.15) is 0 Å². The average molecular weight is 283 g/mol. The SMILES string of the molecule is CCNS(=O)(=O)c1cccc2c1C[C@H](C(=O)OC)C2. The number of benzene rings is 1. The number of fused-ring (bicyclic) bond motifs is 1. The first-order valence-electron chi connectivity index (χ1n) is 6.18. The van der Waals surface area contributed by atoms with Crippen LogP contribution in [-0.4, -0.2) is 28.0 Å². The molecule has 0 saturated heterocycles. The van der Waals surface area contributed by atoms with Crippen molar-refractivity contribution in [2.75, 3.05) is 13.7 Å². The quantitative estimate of drug-likeness (QED) is 0.832. The third-order valence-corrected chi connectivity index (χ3v) is 4.94. The second kappa shape index (κ2) is 5.30. The summed E-state index contributed by atoms with van der Waals surface area (Å²) in [5.74, 6) is -0.569. The van der Waals surface area contributed by atoms with Crippen LogP contribution in [0.2, 0.25) is 0 Å². The zero-order valence-corrected chi connectivity index (χ0v) is 11.8. The Labute approximate surface area is 113 Å². The van der Waals surface area contributed by atoms with Crippen LogP contribution in [0.1, 0.15) is 18.1 Å². The van der Waals surface area contributed by atoms with Gasteiger partial charge in [-0.05, 0) is 30.0 Å². The average Bonchev–Trinajstić information content (AvgIpc) is 2.81. The lowest BCUT2D eigenvalue weighted by molar-refractivity contribution is -0.145. The predicted octanol–water partition coefficient (Wildman–Crippen LogP) is 0.873. The Morgan fingerprint density at radius 2 is 2.16 bits per heavy atom. The first-order valence-corrected chi connectivity index (χ1v) is 7.66. The van der Waals surface area contributed by atoms with Crippen LogP contribution in [0, 0.1) is 5.92 Å². The largest absolute Gasteiger partial charge is 0.469 e. The Bertz CT molecular complexity index is 595. The molecule has 104 valence electrons. The molecule has 0 fully saturated rings. The first-order chi connectivity index (χ1) is 8.99. The van der Waals surface area contributed by atoms with E-state index in [9.17, 15) is 13.2 Å². The number of carbonyl (C=O) groups excluding carboxylic acids is 1. The van der Waals surface area contributed by atoms with Gasteiger partial charge in [0.2, 0.25) is 10.0 Å². The van der Waals surface area contributed by atoms with Crippen LogP contribution in [0.5, 0.6) is 0 Å². The number of hydrogen-bond acceptors (Lipinski definition) is 4. The van der Waals surface area contributed by atoms with Crippen molar-refractivity contribution in [1.82, 2.24) is 4.72 Å². The molecule has 1 aromatic rings. The Hall–Kier alpha value is -1.40. The van der Waals surface area contributed by atoms with Gasteiger partial charge in [-0.1, -0.05) is 19.1 Å². The van der Waals surface area contributed by atoms with Crippen LogP contribution in [0.15, 0.2) is 23.1 Å². The van der Waals surface area contributed by atoms with Crippen LogP contribution in [0.25, 0.3) is 0 Å². The van der Waals surface area contributed by atoms with E-state index in [2.05, 4.69) is 4.72 Å². The molecule has 2 rings (SSSR count). The molecule has 0 heterocycles. The standard InChI is InChI=1S/C13H17NO4S/c1-3-14-19(16,17)12-6-4-5-9-7-10(8-11(9)12)13(15)18-2/h4-6,10,14H,3,7-8H2,1-2H3/t10-/m1/s1. The van der Waals surface area contributed by atoms with Crippen molar-refractivity contribution in [2.24, 2.45) is 5.92 Å². The summed E-state index contributed by atoms with van der Waals surface area (Å²) in [6.07, 6.45) is 0.959. The van der Waals surface area contributed by atoms with Gasteiger partial charge in [0.1, 0.15) is 0 Å². The van der Waals surface area contributed by atoms with Crippen LogP contribution in [0.3, 0.4) is 0 Å². The molecule has 0 spiro atoms. The van der Waals surface area contributed by atoms with E-state index in [-0.39, 0.29) is 16.8 Å². The second-order valence-corrected chi connectivity index (χ2v) is 6.26. The minimum atomic E-state index is -3.49. The number of rotatable bonds is 4. The highest BCUT2D eigenvalue weighted by Crippen LogP contribution is 2.32. The first kappa shape index (κ1) is 14.0. The number of carbonyl (C=O) groups is 1. The molecule has 0 unspecified atom stereocenters. The summed E-state index contributed by atoms with van der Waals surface area (Å²) in [5.41, 5.74) is 1.65. The monoisotopic (exact) mass is 283 g/mol. The van der Waals surface area contributed by atoms with Crippen molar-refractivity contribution in [3.63, 3.8) is 0 Å². The van der Waals surface area contributed by atoms with Gasteiger partial charge in [0.25, 0.3) is 0 Å². The lowest BCUT2D eigenvalue weighted by Crippen LogP contribution is -2.24. The summed E-state index contributed by atoms with van der Waals surface area (Å²) < 4.78 is 31.4. The number of hydrogen-bond donors (Lipinski definition) is 1. The Morgan fingerprint density at radius 3 is 2.79 bits per heavy atom. The van der Waals surface area contributed by atoms with E-state index in [4.69, 9.17) is 4.74 Å². The Morgan fingerprint density at radius 1 is 1.42 bits per heavy atom. The maximum Gasteiger partial charge on any atom is 0.309 e. The van der Waals surface area contributed by atoms with Gasteiger partial charge in [-0.25, -0.2) is 13.1 Å². The van der Waals surface area contributed by atoms with Gasteiger partial charge in [0.05, 0.1) is 17.9 Å². The van der Waals surface area contributed by atoms with E-state index >= 15 is 0 Å². The lowest BCUT2D eigenvalue weighted by atomic mass is 10.1. The highest BCUT2D eigenvalue weighted by atomic mass is 32.2. The highest BCUT2D eigenvalue weighted by molar-refractivity contribution is 7.89. The third kappa shape index (κ3) is 2.64. The molecule has 0 saturated carbocycles. The highest BCUT2D eigenvalue weighted by Gasteiger charge is 2.32. The number of methoxy groups -OCH3 is 1. The summed E-state index contributed by atoms with van der Waals surface area (Å²) in [7, 11) is -2.14. The van der Waals surface area contributed by atoms with Crippen LogP contribution < -0.4 is 4.72 Å². The van der Waals surface area contributed by atoms with Crippen molar-refractivity contribution in [3.05, 3.63) is 29.3 Å². The van der Waals surface area contributed by atoms with Crippen molar-refractivity contribution in [3.8, 4) is 0 Å². The van der Waals surface area contributed by atoms with Gasteiger partial charge in [-0.15, -0.1) is 0 Å². The molecule has 0 aromatic heterocycles. The number of nitrogens with one attached hydrogen (secondary N) is 1. The van der Waals surface area contributed by atoms with Gasteiger partial charge in [-0.3, -0.25) is 4.79 Å². The molecule has 1 N–H and O–H groups in total. The molecule has 0 amide bonds. The van der Waals surface area contributed by atoms with E-state index < -0.39 is 10.0 Å². The van der Waals surface area contributed by atoms with Gasteiger partial charge in [0.15, 0.2) is 0 Å². The smallest absolute Gasteiger partial charge is 0.309 e. The fraction of sp³-hybridized carbons (Fsp3) is 0.462. The number of esters is 1. The molecule has 1 aliphatic rings. The molecule has 1 aliphatic carbocycles. The van der Waals surface area contributed by atoms with Crippen molar-refractivity contribution >= 4 is 16.0 Å². The van der Waals surface area contributed by atoms with Crippen molar-refractivity contribution < 1.29 is 17.9 Å². The summed E-state index contributed by atoms with van der Waals surface area (Å²) >= 11 is 0. The minimum absolute atomic E-state index is 0.276. The fourth-order valence-corrected chi connectivity index (χ4v) is 3.80. The Balaban J connectivity index is 2.39. The molecule has 0 radical (unpaired) electrons. The molecule has 1 atom stereocenters. The van der Waals surface area contributed by atoms with E-state index in [0.29, 0.717) is 19.4 Å². The van der Waals surface area contributed by atoms with Crippen molar-refractivity contribution in [2.45, 2.75) is 24.7 Å². The lowest BCUT2D eigenvalue weighted by Gasteiger charge is -2.09. The predicted molar refractivity (Wildman–Crippen MR) is 70.2 cm³/mol. The molecule has 0 aliphatic heterocycles. The normalized spacial score (nSPS) is 18.1. The fourth-order valence-electron chi connectivity index (χ4n) is 2.47. The summed E-state index contributed by atoms with van der Waals surface area (Å²) in [5, 5.41) is 0. The maximum absolute atomic E-state index is 12.1. The molecule has 5 nitrogen and oxygen atoms in total. The number of ether oxygens (including phenoxy) is 1. The van der Waals surface area contributed by atoms with E-state index in [1.807, 2.05) is 6.07 Å². The van der Waals surface area contributed by atoms with E-state index in [1.54, 1.807) is 19.1 Å². The maximum atomic E-state index is 12.1. The van der Waals surface area contributed by atoms with E-state index in [0.717, 1.165) is 11.1 Å². The molecule has 6 heteroatoms. The van der Waals surface area contributed by atoms with Crippen LogP contribution in [0.4, 0.5) is 0 Å². The van der Waals surface area contributed by atoms with Crippen LogP contribution in [-0.2, 0) is 32.4 Å². The zero-order valence-electron chi connectivity index (χ0n) is 11.0. The topological polar surface area (TPSA) is 72.5 Å². The summed E-state index contributed by atoms with van der Waals surface area (Å²) in [4.78, 5) is 11.9. The molecule has 1 aromatic carbocycles. The van der Waals surface area contributed by atoms with Gasteiger partial charge in [0, 0.05) is 6.54 Å². The van der Waals surface area contributed by atoms with Crippen molar-refractivity contribution in [1.29, 1.82) is 0 Å². The minimum Gasteiger partial charge on any atom is -0.469 e. The molecule has 0 bridgehead atoms. The van der Waals surface area contributed by atoms with Gasteiger partial charge >= 0.3 is 5.97 Å². The molecule has 19 heavy (non-hydrogen) atoms. The zero-order chi connectivity index (χ0) is 14.0. The Kier molecular flexibility index (Phi) is 3.91. The molecular formula is C13H17NO4S. The summed E-state index contributed by atoms with van der Waals surface area (Å²) in [6.45, 7) is 2.07. The molecular weight excluding hydrogens is 266 g/mol.